The van der Waals surface area contributed by atoms with E-state index in [0.717, 1.165) is 16.7 Å². The van der Waals surface area contributed by atoms with Crippen LogP contribution < -0.4 is 4.72 Å². The standard InChI is InChI=1S/C15H16ClNO2S/c1-12-4-2-7-15(8-12)20(18,19)17-11-14-6-3-5-13(9-14)10-16/h2-9,17H,10-11H2,1H3. The highest BCUT2D eigenvalue weighted by atomic mass is 35.5. The van der Waals surface area contributed by atoms with Gasteiger partial charge in [0.25, 0.3) is 0 Å². The van der Waals surface area contributed by atoms with Crippen molar-refractivity contribution < 1.29 is 8.42 Å². The highest BCUT2D eigenvalue weighted by Crippen LogP contribution is 2.12. The molecule has 0 saturated carbocycles. The Bertz CT molecular complexity index is 699. The molecule has 106 valence electrons. The monoisotopic (exact) mass is 309 g/mol. The van der Waals surface area contributed by atoms with Crippen molar-refractivity contribution in [1.29, 1.82) is 0 Å². The number of benzene rings is 2. The average Bonchev–Trinajstić information content (AvgIpc) is 2.45. The van der Waals surface area contributed by atoms with Crippen molar-refractivity contribution in [3.8, 4) is 0 Å². The Kier molecular flexibility index (Phi) is 4.81. The van der Waals surface area contributed by atoms with Gasteiger partial charge in [-0.15, -0.1) is 11.6 Å². The van der Waals surface area contributed by atoms with Gasteiger partial charge < -0.3 is 0 Å². The zero-order valence-corrected chi connectivity index (χ0v) is 12.7. The second kappa shape index (κ2) is 6.39. The van der Waals surface area contributed by atoms with Crippen LogP contribution in [-0.4, -0.2) is 8.42 Å². The van der Waals surface area contributed by atoms with Gasteiger partial charge in [-0.3, -0.25) is 0 Å². The fourth-order valence-electron chi connectivity index (χ4n) is 1.87. The minimum absolute atomic E-state index is 0.251. The van der Waals surface area contributed by atoms with E-state index >= 15 is 0 Å². The third kappa shape index (κ3) is 3.82. The van der Waals surface area contributed by atoms with Gasteiger partial charge in [0.1, 0.15) is 0 Å². The van der Waals surface area contributed by atoms with Gasteiger partial charge in [-0.1, -0.05) is 36.4 Å². The molecule has 2 aromatic rings. The van der Waals surface area contributed by atoms with Crippen molar-refractivity contribution in [2.75, 3.05) is 0 Å². The zero-order valence-electron chi connectivity index (χ0n) is 11.1. The topological polar surface area (TPSA) is 46.2 Å². The first kappa shape index (κ1) is 15.0. The molecule has 0 fully saturated rings. The van der Waals surface area contributed by atoms with Crippen molar-refractivity contribution in [2.45, 2.75) is 24.2 Å². The molecule has 0 spiro atoms. The van der Waals surface area contributed by atoms with Crippen LogP contribution in [0.1, 0.15) is 16.7 Å². The maximum atomic E-state index is 12.2. The lowest BCUT2D eigenvalue weighted by atomic mass is 10.1. The molecule has 0 bridgehead atoms. The molecule has 0 amide bonds. The van der Waals surface area contributed by atoms with E-state index < -0.39 is 10.0 Å². The summed E-state index contributed by atoms with van der Waals surface area (Å²) in [6.07, 6.45) is 0. The highest BCUT2D eigenvalue weighted by molar-refractivity contribution is 7.89. The van der Waals surface area contributed by atoms with Crippen LogP contribution in [-0.2, 0) is 22.4 Å². The number of rotatable bonds is 5. The van der Waals surface area contributed by atoms with Crippen LogP contribution in [0.15, 0.2) is 53.4 Å². The lowest BCUT2D eigenvalue weighted by Crippen LogP contribution is -2.23. The summed E-state index contributed by atoms with van der Waals surface area (Å²) in [7, 11) is -3.48. The Morgan fingerprint density at radius 2 is 1.75 bits per heavy atom. The Balaban J connectivity index is 2.13. The first-order valence-electron chi connectivity index (χ1n) is 6.21. The zero-order chi connectivity index (χ0) is 14.6. The molecule has 2 aromatic carbocycles. The summed E-state index contributed by atoms with van der Waals surface area (Å²) >= 11 is 5.76. The van der Waals surface area contributed by atoms with Gasteiger partial charge in [0.05, 0.1) is 4.90 Å². The quantitative estimate of drug-likeness (QED) is 0.862. The third-order valence-electron chi connectivity index (χ3n) is 2.91. The molecule has 0 heterocycles. The molecule has 0 aliphatic carbocycles. The summed E-state index contributed by atoms with van der Waals surface area (Å²) in [5, 5.41) is 0. The normalized spacial score (nSPS) is 11.5. The number of halogens is 1. The minimum Gasteiger partial charge on any atom is -0.207 e. The van der Waals surface area contributed by atoms with Crippen molar-refractivity contribution in [2.24, 2.45) is 0 Å². The van der Waals surface area contributed by atoms with Crippen LogP contribution in [0.5, 0.6) is 0 Å². The SMILES string of the molecule is Cc1cccc(S(=O)(=O)NCc2cccc(CCl)c2)c1. The molecule has 0 aromatic heterocycles. The van der Waals surface area contributed by atoms with Gasteiger partial charge in [0, 0.05) is 12.4 Å². The first-order chi connectivity index (χ1) is 9.51. The molecule has 20 heavy (non-hydrogen) atoms. The van der Waals surface area contributed by atoms with Crippen LogP contribution in [0.2, 0.25) is 0 Å². The van der Waals surface area contributed by atoms with E-state index in [4.69, 9.17) is 11.6 Å². The second-order valence-electron chi connectivity index (χ2n) is 4.59. The average molecular weight is 310 g/mol. The first-order valence-corrected chi connectivity index (χ1v) is 8.23. The summed E-state index contributed by atoms with van der Waals surface area (Å²) in [6.45, 7) is 2.12. The summed E-state index contributed by atoms with van der Waals surface area (Å²) in [5.41, 5.74) is 2.77. The Morgan fingerprint density at radius 3 is 2.45 bits per heavy atom. The Labute approximate surface area is 124 Å². The maximum Gasteiger partial charge on any atom is 0.240 e. The number of alkyl halides is 1. The lowest BCUT2D eigenvalue weighted by Gasteiger charge is -2.08. The second-order valence-corrected chi connectivity index (χ2v) is 6.63. The summed E-state index contributed by atoms with van der Waals surface area (Å²) in [6, 6.07) is 14.4. The third-order valence-corrected chi connectivity index (χ3v) is 4.62. The van der Waals surface area contributed by atoms with Crippen LogP contribution in [0.4, 0.5) is 0 Å². The highest BCUT2D eigenvalue weighted by Gasteiger charge is 2.13. The van der Waals surface area contributed by atoms with Crippen molar-refractivity contribution >= 4 is 21.6 Å². The molecule has 0 unspecified atom stereocenters. The molecular weight excluding hydrogens is 294 g/mol. The van der Waals surface area contributed by atoms with Gasteiger partial charge in [-0.05, 0) is 35.7 Å². The number of sulfonamides is 1. The van der Waals surface area contributed by atoms with E-state index in [0.29, 0.717) is 5.88 Å². The van der Waals surface area contributed by atoms with E-state index in [1.165, 1.54) is 0 Å². The van der Waals surface area contributed by atoms with Crippen molar-refractivity contribution in [3.63, 3.8) is 0 Å². The maximum absolute atomic E-state index is 12.2. The number of hydrogen-bond donors (Lipinski definition) is 1. The lowest BCUT2D eigenvalue weighted by molar-refractivity contribution is 0.581. The van der Waals surface area contributed by atoms with Gasteiger partial charge in [-0.25, -0.2) is 13.1 Å². The molecule has 0 aliphatic heterocycles. The fraction of sp³-hybridized carbons (Fsp3) is 0.200. The molecule has 0 aliphatic rings. The van der Waals surface area contributed by atoms with Crippen molar-refractivity contribution in [3.05, 3.63) is 65.2 Å². The number of aryl methyl sites for hydroxylation is 1. The summed E-state index contributed by atoms with van der Waals surface area (Å²) in [5.74, 6) is 0.415. The number of nitrogens with one attached hydrogen (secondary N) is 1. The van der Waals surface area contributed by atoms with E-state index in [2.05, 4.69) is 4.72 Å². The van der Waals surface area contributed by atoms with Crippen LogP contribution in [0.25, 0.3) is 0 Å². The Morgan fingerprint density at radius 1 is 1.05 bits per heavy atom. The molecule has 5 heteroatoms. The van der Waals surface area contributed by atoms with Crippen LogP contribution >= 0.6 is 11.6 Å². The van der Waals surface area contributed by atoms with E-state index in [1.807, 2.05) is 37.3 Å². The Hall–Kier alpha value is -1.36. The smallest absolute Gasteiger partial charge is 0.207 e. The predicted octanol–water partition coefficient (Wildman–Crippen LogP) is 3.21. The van der Waals surface area contributed by atoms with Gasteiger partial charge >= 0.3 is 0 Å². The van der Waals surface area contributed by atoms with Gasteiger partial charge in [-0.2, -0.15) is 0 Å². The molecule has 3 nitrogen and oxygen atoms in total. The predicted molar refractivity (Wildman–Crippen MR) is 81.2 cm³/mol. The van der Waals surface area contributed by atoms with Gasteiger partial charge in [0.2, 0.25) is 10.0 Å². The van der Waals surface area contributed by atoms with Crippen molar-refractivity contribution in [1.82, 2.24) is 4.72 Å². The summed E-state index contributed by atoms with van der Waals surface area (Å²) < 4.78 is 26.9. The molecule has 0 radical (unpaired) electrons. The van der Waals surface area contributed by atoms with Crippen LogP contribution in [0.3, 0.4) is 0 Å². The molecular formula is C15H16ClNO2S. The van der Waals surface area contributed by atoms with Crippen LogP contribution in [0, 0.1) is 6.92 Å². The largest absolute Gasteiger partial charge is 0.240 e. The molecule has 2 rings (SSSR count). The molecule has 0 saturated heterocycles. The summed E-state index contributed by atoms with van der Waals surface area (Å²) in [4.78, 5) is 0.283. The number of hydrogen-bond acceptors (Lipinski definition) is 2. The van der Waals surface area contributed by atoms with E-state index in [-0.39, 0.29) is 11.4 Å². The van der Waals surface area contributed by atoms with E-state index in [1.54, 1.807) is 18.2 Å². The molecule has 1 N–H and O–H groups in total. The van der Waals surface area contributed by atoms with E-state index in [9.17, 15) is 8.42 Å². The molecule has 0 atom stereocenters. The fourth-order valence-corrected chi connectivity index (χ4v) is 3.16. The van der Waals surface area contributed by atoms with Gasteiger partial charge in [0.15, 0.2) is 0 Å². The minimum atomic E-state index is -3.48.